The van der Waals surface area contributed by atoms with Crippen molar-refractivity contribution in [2.75, 3.05) is 25.1 Å². The van der Waals surface area contributed by atoms with Crippen LogP contribution in [0.2, 0.25) is 0 Å². The second kappa shape index (κ2) is 13.0. The summed E-state index contributed by atoms with van der Waals surface area (Å²) in [7, 11) is -0.830. The number of benzene rings is 3. The second-order valence-electron chi connectivity index (χ2n) is 11.2. The third kappa shape index (κ3) is 6.27. The summed E-state index contributed by atoms with van der Waals surface area (Å²) in [6, 6.07) is 20.3. The molecule has 1 atom stereocenters. The maximum atomic E-state index is 14.6. The van der Waals surface area contributed by atoms with Gasteiger partial charge in [0.05, 0.1) is 25.7 Å². The number of hydrogen-bond donors (Lipinski definition) is 0. The Morgan fingerprint density at radius 3 is 2.56 bits per heavy atom. The molecule has 0 saturated carbocycles. The first-order chi connectivity index (χ1) is 21.0. The molecule has 4 aromatic rings. The Kier molecular flexibility index (Phi) is 8.97. The predicted octanol–water partition coefficient (Wildman–Crippen LogP) is 6.56. The number of hydrogen-bond acceptors (Lipinski definition) is 8. The van der Waals surface area contributed by atoms with Crippen LogP contribution in [0.5, 0.6) is 11.5 Å². The fourth-order valence-electron chi connectivity index (χ4n) is 6.47. The standard InChI is InChI=1S/C33H38N4O4S2/c1-40-28-16-15-26(32(20-28)41-2)22-37(33-34-23-35-42-33)43(38,39)29-18-25-12-6-7-13-30(25)27(19-29)21-36-17-9-8-14-31(36)24-10-4-3-5-11-24/h3-5,10-11,15-16,18-20,23,31H,6-9,12-14,17,21-22H2,1-2H3. The van der Waals surface area contributed by atoms with E-state index in [0.29, 0.717) is 33.1 Å². The first-order valence-electron chi connectivity index (χ1n) is 14.9. The monoisotopic (exact) mass is 618 g/mol. The first kappa shape index (κ1) is 29.6. The second-order valence-corrected chi connectivity index (χ2v) is 13.9. The maximum Gasteiger partial charge on any atom is 0.266 e. The summed E-state index contributed by atoms with van der Waals surface area (Å²) in [5.74, 6) is 1.18. The maximum absolute atomic E-state index is 14.6. The Labute approximate surface area is 258 Å². The van der Waals surface area contributed by atoms with E-state index in [2.05, 4.69) is 44.6 Å². The molecule has 2 heterocycles. The lowest BCUT2D eigenvalue weighted by Crippen LogP contribution is -2.34. The van der Waals surface area contributed by atoms with Crippen LogP contribution in [0.15, 0.2) is 71.9 Å². The van der Waals surface area contributed by atoms with E-state index >= 15 is 0 Å². The van der Waals surface area contributed by atoms with E-state index in [1.165, 1.54) is 28.2 Å². The lowest BCUT2D eigenvalue weighted by atomic mass is 9.87. The highest BCUT2D eigenvalue weighted by Crippen LogP contribution is 2.37. The molecule has 0 spiro atoms. The van der Waals surface area contributed by atoms with Gasteiger partial charge in [-0.05, 0) is 91.6 Å². The van der Waals surface area contributed by atoms with Crippen molar-refractivity contribution in [2.24, 2.45) is 0 Å². The van der Waals surface area contributed by atoms with Crippen molar-refractivity contribution >= 4 is 26.7 Å². The quantitative estimate of drug-likeness (QED) is 0.199. The number of sulfonamides is 1. The molecule has 8 nitrogen and oxygen atoms in total. The molecule has 10 heteroatoms. The van der Waals surface area contributed by atoms with Crippen LogP contribution in [-0.2, 0) is 36.0 Å². The number of aryl methyl sites for hydroxylation is 1. The Hall–Kier alpha value is -3.47. The van der Waals surface area contributed by atoms with Crippen LogP contribution < -0.4 is 13.8 Å². The van der Waals surface area contributed by atoms with Crippen molar-refractivity contribution in [2.45, 2.75) is 69.0 Å². The van der Waals surface area contributed by atoms with Gasteiger partial charge in [0, 0.05) is 35.7 Å². The fraction of sp³-hybridized carbons (Fsp3) is 0.394. The zero-order chi connectivity index (χ0) is 29.8. The first-order valence-corrected chi connectivity index (χ1v) is 17.1. The molecule has 43 heavy (non-hydrogen) atoms. The molecule has 226 valence electrons. The van der Waals surface area contributed by atoms with Gasteiger partial charge in [-0.15, -0.1) is 0 Å². The van der Waals surface area contributed by atoms with Gasteiger partial charge in [0.15, 0.2) is 0 Å². The number of fused-ring (bicyclic) bond motifs is 1. The van der Waals surface area contributed by atoms with E-state index < -0.39 is 10.0 Å². The average Bonchev–Trinajstić information content (AvgIpc) is 3.59. The Bertz CT molecular complexity index is 1650. The van der Waals surface area contributed by atoms with Gasteiger partial charge in [-0.3, -0.25) is 4.90 Å². The van der Waals surface area contributed by atoms with Crippen molar-refractivity contribution in [3.8, 4) is 11.5 Å². The van der Waals surface area contributed by atoms with Gasteiger partial charge in [0.2, 0.25) is 5.13 Å². The number of ether oxygens (including phenoxy) is 2. The molecule has 0 amide bonds. The van der Waals surface area contributed by atoms with E-state index in [-0.39, 0.29) is 6.54 Å². The van der Waals surface area contributed by atoms with Crippen LogP contribution in [0.1, 0.15) is 66.0 Å². The smallest absolute Gasteiger partial charge is 0.266 e. The van der Waals surface area contributed by atoms with Crippen LogP contribution in [0, 0.1) is 0 Å². The number of rotatable bonds is 10. The number of methoxy groups -OCH3 is 2. The summed E-state index contributed by atoms with van der Waals surface area (Å²) in [4.78, 5) is 7.17. The number of nitrogens with zero attached hydrogens (tertiary/aromatic N) is 4. The normalized spacial score (nSPS) is 17.3. The van der Waals surface area contributed by atoms with Crippen molar-refractivity contribution in [1.29, 1.82) is 0 Å². The molecule has 3 aromatic carbocycles. The minimum atomic E-state index is -3.99. The summed E-state index contributed by atoms with van der Waals surface area (Å²) >= 11 is 1.06. The van der Waals surface area contributed by atoms with E-state index in [0.717, 1.165) is 74.3 Å². The average molecular weight is 619 g/mol. The summed E-state index contributed by atoms with van der Waals surface area (Å²) in [5.41, 5.74) is 5.63. The van der Waals surface area contributed by atoms with Crippen LogP contribution in [-0.4, -0.2) is 43.4 Å². The summed E-state index contributed by atoms with van der Waals surface area (Å²) in [6.45, 7) is 1.79. The lowest BCUT2D eigenvalue weighted by Gasteiger charge is -2.37. The van der Waals surface area contributed by atoms with Gasteiger partial charge in [-0.25, -0.2) is 17.7 Å². The molecule has 0 radical (unpaired) electrons. The molecular weight excluding hydrogens is 581 g/mol. The SMILES string of the molecule is COc1ccc(CN(c2ncns2)S(=O)(=O)c2cc3c(c(CN4CCCCC4c4ccccc4)c2)CCCC3)c(OC)c1. The molecule has 2 aliphatic rings. The van der Waals surface area contributed by atoms with E-state index in [1.54, 1.807) is 20.3 Å². The van der Waals surface area contributed by atoms with Crippen molar-refractivity contribution < 1.29 is 17.9 Å². The number of likely N-dealkylation sites (tertiary alicyclic amines) is 1. The predicted molar refractivity (Wildman–Crippen MR) is 169 cm³/mol. The largest absolute Gasteiger partial charge is 0.497 e. The lowest BCUT2D eigenvalue weighted by molar-refractivity contribution is 0.140. The Balaban J connectivity index is 1.39. The van der Waals surface area contributed by atoms with Crippen LogP contribution in [0.25, 0.3) is 0 Å². The van der Waals surface area contributed by atoms with Gasteiger partial charge in [0.1, 0.15) is 17.8 Å². The van der Waals surface area contributed by atoms with Crippen molar-refractivity contribution in [1.82, 2.24) is 14.3 Å². The van der Waals surface area contributed by atoms with Gasteiger partial charge >= 0.3 is 0 Å². The third-order valence-corrected chi connectivity index (χ3v) is 11.2. The molecule has 0 N–H and O–H groups in total. The zero-order valence-corrected chi connectivity index (χ0v) is 26.4. The molecule has 6 rings (SSSR count). The van der Waals surface area contributed by atoms with Crippen LogP contribution in [0.3, 0.4) is 0 Å². The molecule has 1 aromatic heterocycles. The van der Waals surface area contributed by atoms with Crippen molar-refractivity contribution in [3.05, 3.63) is 94.8 Å². The number of aromatic nitrogens is 2. The molecule has 1 aliphatic carbocycles. The van der Waals surface area contributed by atoms with Crippen molar-refractivity contribution in [3.63, 3.8) is 0 Å². The minimum absolute atomic E-state index is 0.0549. The van der Waals surface area contributed by atoms with E-state index in [1.807, 2.05) is 24.3 Å². The van der Waals surface area contributed by atoms with Gasteiger partial charge in [-0.1, -0.05) is 36.8 Å². The highest BCUT2D eigenvalue weighted by atomic mass is 32.2. The highest BCUT2D eigenvalue weighted by Gasteiger charge is 2.32. The summed E-state index contributed by atoms with van der Waals surface area (Å²) in [5, 5.41) is 0.317. The van der Waals surface area contributed by atoms with E-state index in [4.69, 9.17) is 9.47 Å². The fourth-order valence-corrected chi connectivity index (χ4v) is 8.70. The van der Waals surface area contributed by atoms with Gasteiger partial charge in [-0.2, -0.15) is 4.37 Å². The molecular formula is C33H38N4O4S2. The van der Waals surface area contributed by atoms with Gasteiger partial charge in [0.25, 0.3) is 10.0 Å². The number of anilines is 1. The summed E-state index contributed by atoms with van der Waals surface area (Å²) in [6.07, 6.45) is 8.92. The highest BCUT2D eigenvalue weighted by molar-refractivity contribution is 7.93. The number of piperidine rings is 1. The zero-order valence-electron chi connectivity index (χ0n) is 24.7. The third-order valence-electron chi connectivity index (χ3n) is 8.66. The molecule has 1 unspecified atom stereocenters. The molecule has 1 aliphatic heterocycles. The topological polar surface area (TPSA) is 84.9 Å². The van der Waals surface area contributed by atoms with Gasteiger partial charge < -0.3 is 9.47 Å². The van der Waals surface area contributed by atoms with Crippen LogP contribution >= 0.6 is 11.5 Å². The summed E-state index contributed by atoms with van der Waals surface area (Å²) < 4.78 is 45.6. The van der Waals surface area contributed by atoms with Crippen LogP contribution in [0.4, 0.5) is 5.13 Å². The Morgan fingerprint density at radius 2 is 1.79 bits per heavy atom. The minimum Gasteiger partial charge on any atom is -0.497 e. The molecule has 1 saturated heterocycles. The molecule has 1 fully saturated rings. The van der Waals surface area contributed by atoms with E-state index in [9.17, 15) is 8.42 Å². The Morgan fingerprint density at radius 1 is 0.953 bits per heavy atom. The molecule has 0 bridgehead atoms.